The van der Waals surface area contributed by atoms with Gasteiger partial charge in [0, 0.05) is 0 Å². The zero-order valence-corrected chi connectivity index (χ0v) is 13.9. The minimum atomic E-state index is -1.57. The molecule has 0 aromatic carbocycles. The summed E-state index contributed by atoms with van der Waals surface area (Å²) in [4.78, 5) is 4.47. The van der Waals surface area contributed by atoms with Crippen molar-refractivity contribution in [3.05, 3.63) is 29.6 Å². The van der Waals surface area contributed by atoms with Crippen LogP contribution in [0.15, 0.2) is 18.2 Å². The first kappa shape index (κ1) is 16.3. The van der Waals surface area contributed by atoms with E-state index in [0.717, 1.165) is 5.69 Å². The van der Waals surface area contributed by atoms with Crippen LogP contribution >= 0.6 is 0 Å². The number of hydrogen-bond acceptors (Lipinski definition) is 3. The van der Waals surface area contributed by atoms with Crippen molar-refractivity contribution in [3.63, 3.8) is 0 Å². The van der Waals surface area contributed by atoms with E-state index in [0.29, 0.717) is 12.3 Å². The van der Waals surface area contributed by atoms with E-state index in [1.807, 2.05) is 18.2 Å². The van der Waals surface area contributed by atoms with E-state index >= 15 is 0 Å². The predicted molar refractivity (Wildman–Crippen MR) is 81.5 cm³/mol. The minimum Gasteiger partial charge on any atom is -0.411 e. The Bertz CT molecular complexity index is 399. The Kier molecular flexibility index (Phi) is 5.71. The van der Waals surface area contributed by atoms with Crippen molar-refractivity contribution in [2.75, 3.05) is 0 Å². The highest BCUT2D eigenvalue weighted by atomic mass is 28.4. The molecule has 0 atom stereocenters. The van der Waals surface area contributed by atoms with E-state index in [2.05, 4.69) is 25.0 Å². The van der Waals surface area contributed by atoms with Gasteiger partial charge in [-0.15, -0.1) is 0 Å². The van der Waals surface area contributed by atoms with Crippen molar-refractivity contribution >= 4 is 8.32 Å². The van der Waals surface area contributed by atoms with Crippen LogP contribution in [-0.4, -0.2) is 18.4 Å². The summed E-state index contributed by atoms with van der Waals surface area (Å²) in [6.45, 7) is 10.8. The quantitative estimate of drug-likeness (QED) is 0.772. The molecule has 0 aliphatic carbocycles. The van der Waals surface area contributed by atoms with Crippen LogP contribution in [0.4, 0.5) is 0 Å². The minimum absolute atomic E-state index is 0.548. The molecule has 4 heteroatoms. The highest BCUT2D eigenvalue weighted by Crippen LogP contribution is 2.19. The maximum atomic E-state index is 9.96. The lowest BCUT2D eigenvalue weighted by Gasteiger charge is -2.23. The summed E-state index contributed by atoms with van der Waals surface area (Å²) < 4.78 is 6.08. The molecule has 19 heavy (non-hydrogen) atoms. The van der Waals surface area contributed by atoms with Gasteiger partial charge in [0.2, 0.25) is 0 Å². The van der Waals surface area contributed by atoms with E-state index in [4.69, 9.17) is 4.43 Å². The predicted octanol–water partition coefficient (Wildman–Crippen LogP) is 3.83. The molecular weight excluding hydrogens is 254 g/mol. The molecule has 0 radical (unpaired) electrons. The SMILES string of the molecule is CCCC[Si](C)(C)OCc1cccc(C(C)(C)O)n1. The second kappa shape index (κ2) is 6.64. The fourth-order valence-electron chi connectivity index (χ4n) is 1.84. The van der Waals surface area contributed by atoms with Crippen molar-refractivity contribution in [2.24, 2.45) is 0 Å². The molecule has 3 nitrogen and oxygen atoms in total. The van der Waals surface area contributed by atoms with E-state index in [9.17, 15) is 5.11 Å². The number of unbranched alkanes of at least 4 members (excludes halogenated alkanes) is 1. The van der Waals surface area contributed by atoms with Crippen LogP contribution in [0.25, 0.3) is 0 Å². The van der Waals surface area contributed by atoms with Crippen LogP contribution in [0.1, 0.15) is 45.0 Å². The second-order valence-corrected chi connectivity index (χ2v) is 10.5. The van der Waals surface area contributed by atoms with Crippen LogP contribution < -0.4 is 0 Å². The number of aliphatic hydroxyl groups is 1. The van der Waals surface area contributed by atoms with Gasteiger partial charge in [-0.25, -0.2) is 0 Å². The van der Waals surface area contributed by atoms with Crippen LogP contribution in [0.3, 0.4) is 0 Å². The molecule has 0 saturated heterocycles. The molecule has 1 rings (SSSR count). The summed E-state index contributed by atoms with van der Waals surface area (Å²) >= 11 is 0. The first-order valence-corrected chi connectivity index (χ1v) is 10.2. The zero-order valence-electron chi connectivity index (χ0n) is 12.9. The first-order chi connectivity index (χ1) is 8.74. The molecule has 0 saturated carbocycles. The highest BCUT2D eigenvalue weighted by molar-refractivity contribution is 6.71. The van der Waals surface area contributed by atoms with Crippen molar-refractivity contribution in [3.8, 4) is 0 Å². The van der Waals surface area contributed by atoms with E-state index in [1.165, 1.54) is 18.9 Å². The number of aromatic nitrogens is 1. The summed E-state index contributed by atoms with van der Waals surface area (Å²) in [6, 6.07) is 6.93. The smallest absolute Gasteiger partial charge is 0.187 e. The number of hydrogen-bond donors (Lipinski definition) is 1. The topological polar surface area (TPSA) is 42.4 Å². The maximum absolute atomic E-state index is 9.96. The van der Waals surface area contributed by atoms with Gasteiger partial charge in [-0.3, -0.25) is 4.98 Å². The fourth-order valence-corrected chi connectivity index (χ4v) is 3.73. The molecule has 0 unspecified atom stereocenters. The van der Waals surface area contributed by atoms with Gasteiger partial charge in [0.05, 0.1) is 18.0 Å². The Morgan fingerprint density at radius 1 is 1.32 bits per heavy atom. The number of nitrogens with zero attached hydrogens (tertiary/aromatic N) is 1. The van der Waals surface area contributed by atoms with Crippen LogP contribution in [-0.2, 0) is 16.6 Å². The van der Waals surface area contributed by atoms with Crippen molar-refractivity contribution in [1.29, 1.82) is 0 Å². The van der Waals surface area contributed by atoms with Crippen molar-refractivity contribution < 1.29 is 9.53 Å². The zero-order chi connectivity index (χ0) is 14.5. The Morgan fingerprint density at radius 2 is 2.00 bits per heavy atom. The second-order valence-electron chi connectivity index (χ2n) is 6.23. The maximum Gasteiger partial charge on any atom is 0.187 e. The molecule has 108 valence electrons. The molecule has 1 heterocycles. The monoisotopic (exact) mass is 281 g/mol. The third-order valence-corrected chi connectivity index (χ3v) is 5.66. The van der Waals surface area contributed by atoms with Gasteiger partial charge in [0.15, 0.2) is 8.32 Å². The standard InChI is InChI=1S/C15H27NO2Si/c1-6-7-11-19(4,5)18-12-13-9-8-10-14(16-13)15(2,3)17/h8-10,17H,6-7,11-12H2,1-5H3. The molecule has 0 bridgehead atoms. The van der Waals surface area contributed by atoms with Gasteiger partial charge in [-0.2, -0.15) is 0 Å². The van der Waals surface area contributed by atoms with Gasteiger partial charge in [-0.05, 0) is 45.1 Å². The van der Waals surface area contributed by atoms with Gasteiger partial charge in [0.1, 0.15) is 5.60 Å². The molecule has 1 aromatic heterocycles. The Hall–Kier alpha value is -0.713. The summed E-state index contributed by atoms with van der Waals surface area (Å²) in [7, 11) is -1.57. The van der Waals surface area contributed by atoms with Crippen LogP contribution in [0.5, 0.6) is 0 Å². The third kappa shape index (κ3) is 5.85. The Balaban J connectivity index is 2.63. The van der Waals surface area contributed by atoms with Gasteiger partial charge < -0.3 is 9.53 Å². The number of rotatable bonds is 7. The number of pyridine rings is 1. The molecule has 1 aromatic rings. The Morgan fingerprint density at radius 3 is 2.58 bits per heavy atom. The molecule has 1 N–H and O–H groups in total. The molecule has 0 spiro atoms. The summed E-state index contributed by atoms with van der Waals surface area (Å²) in [6.07, 6.45) is 2.45. The molecule has 0 aliphatic heterocycles. The average molecular weight is 281 g/mol. The normalized spacial score (nSPS) is 12.7. The van der Waals surface area contributed by atoms with Crippen LogP contribution in [0.2, 0.25) is 19.1 Å². The first-order valence-electron chi connectivity index (χ1n) is 7.07. The van der Waals surface area contributed by atoms with E-state index in [-0.39, 0.29) is 0 Å². The third-order valence-electron chi connectivity index (χ3n) is 3.18. The van der Waals surface area contributed by atoms with Gasteiger partial charge in [0.25, 0.3) is 0 Å². The van der Waals surface area contributed by atoms with E-state index < -0.39 is 13.9 Å². The largest absolute Gasteiger partial charge is 0.411 e. The van der Waals surface area contributed by atoms with Crippen molar-refractivity contribution in [1.82, 2.24) is 4.98 Å². The fraction of sp³-hybridized carbons (Fsp3) is 0.667. The summed E-state index contributed by atoms with van der Waals surface area (Å²) in [5, 5.41) is 9.96. The van der Waals surface area contributed by atoms with Crippen molar-refractivity contribution in [2.45, 2.75) is 65.0 Å². The van der Waals surface area contributed by atoms with Crippen LogP contribution in [0, 0.1) is 0 Å². The van der Waals surface area contributed by atoms with Gasteiger partial charge in [-0.1, -0.05) is 25.8 Å². The summed E-state index contributed by atoms with van der Waals surface area (Å²) in [5.41, 5.74) is 0.698. The van der Waals surface area contributed by atoms with Gasteiger partial charge >= 0.3 is 0 Å². The average Bonchev–Trinajstić information content (AvgIpc) is 2.34. The van der Waals surface area contributed by atoms with E-state index in [1.54, 1.807) is 13.8 Å². The molecule has 0 amide bonds. The lowest BCUT2D eigenvalue weighted by molar-refractivity contribution is 0.0733. The summed E-state index contributed by atoms with van der Waals surface area (Å²) in [5.74, 6) is 0. The Labute approximate surface area is 118 Å². The molecular formula is C15H27NO2Si. The highest BCUT2D eigenvalue weighted by Gasteiger charge is 2.22. The molecule has 0 aliphatic rings. The lowest BCUT2D eigenvalue weighted by Crippen LogP contribution is -2.30. The molecule has 0 fully saturated rings. The lowest BCUT2D eigenvalue weighted by atomic mass is 10.0.